The number of rotatable bonds is 5. The summed E-state index contributed by atoms with van der Waals surface area (Å²) >= 11 is 5.98. The number of carbonyl (C=O) groups is 2. The molecule has 0 atom stereocenters. The molecule has 0 aliphatic rings. The third-order valence-electron chi connectivity index (χ3n) is 2.64. The molecule has 0 spiro atoms. The molecule has 0 fully saturated rings. The van der Waals surface area contributed by atoms with E-state index in [0.29, 0.717) is 11.3 Å². The summed E-state index contributed by atoms with van der Waals surface area (Å²) in [4.78, 5) is 22.9. The maximum Gasteiger partial charge on any atom is 0.339 e. The number of methoxy groups -OCH3 is 1. The molecule has 2 N–H and O–H groups in total. The number of halogens is 1. The zero-order valence-electron chi connectivity index (χ0n) is 11.5. The van der Waals surface area contributed by atoms with Crippen molar-refractivity contribution in [1.82, 2.24) is 0 Å². The van der Waals surface area contributed by atoms with Crippen LogP contribution in [0, 0.1) is 0 Å². The molecule has 0 aliphatic heterocycles. The second-order valence-electron chi connectivity index (χ2n) is 4.09. The average Bonchev–Trinajstić information content (AvgIpc) is 2.40. The Hall–Kier alpha value is -2.01. The van der Waals surface area contributed by atoms with E-state index in [1.807, 2.05) is 6.92 Å². The number of hydrogen-bond acceptors (Lipinski definition) is 3. The van der Waals surface area contributed by atoms with Crippen LogP contribution < -0.4 is 10.1 Å². The summed E-state index contributed by atoms with van der Waals surface area (Å²) in [6.07, 6.45) is 2.53. The Morgan fingerprint density at radius 1 is 1.45 bits per heavy atom. The fraction of sp³-hybridized carbons (Fsp3) is 0.286. The SMILES string of the molecule is CC/C=C(\C)C(=O)Nc1cc(OC)c(C(=O)O)cc1Cl. The van der Waals surface area contributed by atoms with Gasteiger partial charge in [0, 0.05) is 11.6 Å². The molecule has 1 amide bonds. The van der Waals surface area contributed by atoms with E-state index in [-0.39, 0.29) is 22.2 Å². The number of amides is 1. The molecule has 0 aromatic heterocycles. The summed E-state index contributed by atoms with van der Waals surface area (Å²) in [7, 11) is 1.35. The van der Waals surface area contributed by atoms with Crippen LogP contribution in [-0.4, -0.2) is 24.1 Å². The zero-order valence-corrected chi connectivity index (χ0v) is 12.2. The molecule has 1 rings (SSSR count). The maximum absolute atomic E-state index is 11.9. The first-order valence-corrected chi connectivity index (χ1v) is 6.37. The highest BCUT2D eigenvalue weighted by Gasteiger charge is 2.16. The molecule has 108 valence electrons. The fourth-order valence-electron chi connectivity index (χ4n) is 1.60. The molecule has 0 saturated carbocycles. The predicted molar refractivity (Wildman–Crippen MR) is 77.6 cm³/mol. The van der Waals surface area contributed by atoms with Crippen molar-refractivity contribution in [3.05, 3.63) is 34.4 Å². The minimum Gasteiger partial charge on any atom is -0.496 e. The van der Waals surface area contributed by atoms with Gasteiger partial charge in [-0.05, 0) is 19.4 Å². The molecule has 20 heavy (non-hydrogen) atoms. The zero-order chi connectivity index (χ0) is 15.3. The summed E-state index contributed by atoms with van der Waals surface area (Å²) in [6.45, 7) is 3.62. The van der Waals surface area contributed by atoms with E-state index in [1.54, 1.807) is 13.0 Å². The van der Waals surface area contributed by atoms with E-state index < -0.39 is 5.97 Å². The lowest BCUT2D eigenvalue weighted by Gasteiger charge is -2.11. The monoisotopic (exact) mass is 297 g/mol. The van der Waals surface area contributed by atoms with Crippen LogP contribution >= 0.6 is 11.6 Å². The summed E-state index contributed by atoms with van der Waals surface area (Å²) in [5, 5.41) is 11.8. The van der Waals surface area contributed by atoms with Crippen LogP contribution in [0.5, 0.6) is 5.75 Å². The van der Waals surface area contributed by atoms with Gasteiger partial charge in [-0.25, -0.2) is 4.79 Å². The Kier molecular flexibility index (Phi) is 5.58. The van der Waals surface area contributed by atoms with E-state index in [4.69, 9.17) is 21.4 Å². The average molecular weight is 298 g/mol. The molecule has 5 nitrogen and oxygen atoms in total. The Labute approximate surface area is 122 Å². The Morgan fingerprint density at radius 2 is 2.10 bits per heavy atom. The first kappa shape index (κ1) is 16.0. The van der Waals surface area contributed by atoms with E-state index in [1.165, 1.54) is 19.2 Å². The molecule has 6 heteroatoms. The number of carboxylic acids is 1. The standard InChI is InChI=1S/C14H16ClNO4/c1-4-5-8(2)13(17)16-11-7-12(20-3)9(14(18)19)6-10(11)15/h5-7H,4H2,1-3H3,(H,16,17)(H,18,19)/b8-5+. The van der Waals surface area contributed by atoms with Crippen LogP contribution in [0.1, 0.15) is 30.6 Å². The normalized spacial score (nSPS) is 11.1. The third kappa shape index (κ3) is 3.74. The molecule has 0 bridgehead atoms. The van der Waals surface area contributed by atoms with Gasteiger partial charge in [0.1, 0.15) is 11.3 Å². The minimum absolute atomic E-state index is 0.0590. The fourth-order valence-corrected chi connectivity index (χ4v) is 1.82. The molecule has 0 aliphatic carbocycles. The van der Waals surface area contributed by atoms with E-state index >= 15 is 0 Å². The smallest absolute Gasteiger partial charge is 0.339 e. The Balaban J connectivity index is 3.11. The van der Waals surface area contributed by atoms with Crippen molar-refractivity contribution in [2.24, 2.45) is 0 Å². The second-order valence-corrected chi connectivity index (χ2v) is 4.49. The second kappa shape index (κ2) is 6.96. The number of ether oxygens (including phenoxy) is 1. The summed E-state index contributed by atoms with van der Waals surface area (Å²) in [5.41, 5.74) is 0.809. The van der Waals surface area contributed by atoms with Gasteiger partial charge in [0.25, 0.3) is 5.91 Å². The van der Waals surface area contributed by atoms with Crippen molar-refractivity contribution in [2.45, 2.75) is 20.3 Å². The summed E-state index contributed by atoms with van der Waals surface area (Å²) in [6, 6.07) is 2.64. The van der Waals surface area contributed by atoms with Crippen molar-refractivity contribution in [3.8, 4) is 5.75 Å². The van der Waals surface area contributed by atoms with Gasteiger partial charge in [0.15, 0.2) is 0 Å². The van der Waals surface area contributed by atoms with Gasteiger partial charge in [-0.3, -0.25) is 4.79 Å². The van der Waals surface area contributed by atoms with Gasteiger partial charge in [-0.1, -0.05) is 24.6 Å². The van der Waals surface area contributed by atoms with Crippen molar-refractivity contribution >= 4 is 29.2 Å². The maximum atomic E-state index is 11.9. The first-order chi connectivity index (χ1) is 9.40. The quantitative estimate of drug-likeness (QED) is 0.817. The number of allylic oxidation sites excluding steroid dienone is 1. The lowest BCUT2D eigenvalue weighted by atomic mass is 10.1. The van der Waals surface area contributed by atoms with Gasteiger partial charge in [0.2, 0.25) is 0 Å². The van der Waals surface area contributed by atoms with Gasteiger partial charge < -0.3 is 15.2 Å². The molecule has 0 radical (unpaired) electrons. The molecule has 0 unspecified atom stereocenters. The number of carbonyl (C=O) groups excluding carboxylic acids is 1. The largest absolute Gasteiger partial charge is 0.496 e. The van der Waals surface area contributed by atoms with Crippen LogP contribution in [0.2, 0.25) is 5.02 Å². The van der Waals surface area contributed by atoms with Crippen LogP contribution in [0.15, 0.2) is 23.8 Å². The topological polar surface area (TPSA) is 75.6 Å². The van der Waals surface area contributed by atoms with Crippen molar-refractivity contribution in [1.29, 1.82) is 0 Å². The summed E-state index contributed by atoms with van der Waals surface area (Å²) in [5.74, 6) is -1.31. The lowest BCUT2D eigenvalue weighted by Crippen LogP contribution is -2.13. The predicted octanol–water partition coefficient (Wildman–Crippen LogP) is 3.34. The molecular formula is C14H16ClNO4. The highest BCUT2D eigenvalue weighted by Crippen LogP contribution is 2.31. The number of carboxylic acid groups (broad SMARTS) is 1. The third-order valence-corrected chi connectivity index (χ3v) is 2.95. The van der Waals surface area contributed by atoms with Crippen molar-refractivity contribution < 1.29 is 19.4 Å². The van der Waals surface area contributed by atoms with Crippen molar-refractivity contribution in [3.63, 3.8) is 0 Å². The number of aromatic carboxylic acids is 1. The number of benzene rings is 1. The number of hydrogen-bond donors (Lipinski definition) is 2. The van der Waals surface area contributed by atoms with Crippen LogP contribution in [0.4, 0.5) is 5.69 Å². The molecule has 0 saturated heterocycles. The Bertz CT molecular complexity index is 567. The molecular weight excluding hydrogens is 282 g/mol. The van der Waals surface area contributed by atoms with Crippen molar-refractivity contribution in [2.75, 3.05) is 12.4 Å². The lowest BCUT2D eigenvalue weighted by molar-refractivity contribution is -0.112. The van der Waals surface area contributed by atoms with E-state index in [2.05, 4.69) is 5.32 Å². The highest BCUT2D eigenvalue weighted by atomic mass is 35.5. The van der Waals surface area contributed by atoms with Crippen LogP contribution in [0.3, 0.4) is 0 Å². The Morgan fingerprint density at radius 3 is 2.60 bits per heavy atom. The van der Waals surface area contributed by atoms with Crippen LogP contribution in [0.25, 0.3) is 0 Å². The molecule has 1 aromatic rings. The van der Waals surface area contributed by atoms with Gasteiger partial charge >= 0.3 is 5.97 Å². The number of nitrogens with one attached hydrogen (secondary N) is 1. The van der Waals surface area contributed by atoms with Crippen LogP contribution in [-0.2, 0) is 4.79 Å². The minimum atomic E-state index is -1.15. The highest BCUT2D eigenvalue weighted by molar-refractivity contribution is 6.34. The summed E-state index contributed by atoms with van der Waals surface area (Å²) < 4.78 is 4.99. The van der Waals surface area contributed by atoms with Gasteiger partial charge in [-0.2, -0.15) is 0 Å². The molecule has 1 aromatic carbocycles. The van der Waals surface area contributed by atoms with Gasteiger partial charge in [-0.15, -0.1) is 0 Å². The van der Waals surface area contributed by atoms with E-state index in [9.17, 15) is 9.59 Å². The first-order valence-electron chi connectivity index (χ1n) is 5.99. The van der Waals surface area contributed by atoms with E-state index in [0.717, 1.165) is 6.42 Å². The van der Waals surface area contributed by atoms with Gasteiger partial charge in [0.05, 0.1) is 17.8 Å². The molecule has 0 heterocycles. The number of anilines is 1.